The monoisotopic (exact) mass is 1520 g/mol. The number of benzene rings is 19. The van der Waals surface area contributed by atoms with E-state index in [1.54, 1.807) is 0 Å². The van der Waals surface area contributed by atoms with E-state index in [2.05, 4.69) is 355 Å². The molecule has 0 amide bonds. The van der Waals surface area contributed by atoms with Gasteiger partial charge in [-0.25, -0.2) is 9.69 Å². The van der Waals surface area contributed by atoms with Crippen LogP contribution >= 0.6 is 0 Å². The van der Waals surface area contributed by atoms with Crippen LogP contribution in [0.3, 0.4) is 0 Å². The summed E-state index contributed by atoms with van der Waals surface area (Å²) in [5.41, 5.74) is 29.2. The Bertz CT molecular complexity index is 8110. The number of para-hydroxylation sites is 3. The fourth-order valence-corrected chi connectivity index (χ4v) is 18.6. The van der Waals surface area contributed by atoms with Crippen LogP contribution in [0.15, 0.2) is 407 Å². The third-order valence-corrected chi connectivity index (χ3v) is 24.3. The molecule has 120 heavy (non-hydrogen) atoms. The third kappa shape index (κ3) is 11.8. The van der Waals surface area contributed by atoms with Gasteiger partial charge in [-0.15, -0.1) is 0 Å². The van der Waals surface area contributed by atoms with Gasteiger partial charge in [-0.3, -0.25) is 15.0 Å². The molecule has 554 valence electrons. The Kier molecular flexibility index (Phi) is 16.3. The normalized spacial score (nSPS) is 11.7. The van der Waals surface area contributed by atoms with E-state index in [0.29, 0.717) is 11.4 Å². The average molecular weight is 1520 g/mol. The molecule has 19 aromatic carbocycles. The smallest absolute Gasteiger partial charge is 0.189 e. The van der Waals surface area contributed by atoms with Crippen molar-refractivity contribution in [2.24, 2.45) is 0 Å². The second-order valence-electron chi connectivity index (χ2n) is 31.2. The summed E-state index contributed by atoms with van der Waals surface area (Å²) < 4.78 is 4.56. The Morgan fingerprint density at radius 1 is 0.200 bits per heavy atom. The number of pyridine rings is 3. The highest BCUT2D eigenvalue weighted by molar-refractivity contribution is 6.26. The molecule has 0 saturated heterocycles. The summed E-state index contributed by atoms with van der Waals surface area (Å²) in [6.07, 6.45) is 5.56. The zero-order chi connectivity index (χ0) is 79.5. The van der Waals surface area contributed by atoms with Crippen LogP contribution in [0.4, 0.5) is 11.4 Å². The minimum atomic E-state index is 0.638. The molecule has 0 fully saturated rings. The van der Waals surface area contributed by atoms with Crippen LogP contribution in [0.1, 0.15) is 0 Å². The highest BCUT2D eigenvalue weighted by atomic mass is 15.0. The van der Waals surface area contributed by atoms with Gasteiger partial charge in [0.25, 0.3) is 0 Å². The minimum absolute atomic E-state index is 0.638. The Balaban J connectivity index is 0.000000140. The van der Waals surface area contributed by atoms with Crippen molar-refractivity contribution in [3.63, 3.8) is 0 Å². The largest absolute Gasteiger partial charge is 0.310 e. The van der Waals surface area contributed by atoms with Crippen molar-refractivity contribution >= 4 is 131 Å². The van der Waals surface area contributed by atoms with E-state index in [1.165, 1.54) is 114 Å². The first kappa shape index (κ1) is 69.1. The van der Waals surface area contributed by atoms with Crippen molar-refractivity contribution in [2.75, 3.05) is 0 Å². The number of nitrogens with zero attached hydrogens (tertiary/aromatic N) is 7. The maximum atomic E-state index is 7.65. The second-order valence-corrected chi connectivity index (χ2v) is 31.2. The van der Waals surface area contributed by atoms with Gasteiger partial charge in [0.1, 0.15) is 0 Å². The number of fused-ring (bicyclic) bond motifs is 7. The summed E-state index contributed by atoms with van der Waals surface area (Å²) in [7, 11) is 0. The topological polar surface area (TPSA) is 57.2 Å². The van der Waals surface area contributed by atoms with Crippen molar-refractivity contribution in [2.45, 2.75) is 0 Å². The molecule has 0 N–H and O–H groups in total. The molecular weight excluding hydrogens is 1460 g/mol. The van der Waals surface area contributed by atoms with Crippen molar-refractivity contribution in [3.8, 4) is 112 Å². The molecular formula is C113H67N7. The molecule has 0 spiro atoms. The van der Waals surface area contributed by atoms with Crippen LogP contribution in [0.2, 0.25) is 0 Å². The maximum Gasteiger partial charge on any atom is 0.189 e. The van der Waals surface area contributed by atoms with Gasteiger partial charge in [0.05, 0.1) is 41.1 Å². The lowest BCUT2D eigenvalue weighted by Crippen LogP contribution is -1.93. The van der Waals surface area contributed by atoms with Crippen LogP contribution < -0.4 is 0 Å². The van der Waals surface area contributed by atoms with Gasteiger partial charge < -0.3 is 9.13 Å². The summed E-state index contributed by atoms with van der Waals surface area (Å²) in [5.74, 6) is 0. The summed E-state index contributed by atoms with van der Waals surface area (Å²) in [6.45, 7) is 15.3. The molecule has 0 aliphatic heterocycles. The standard InChI is InChI=1S/C57H34N4.C56H33N3/c1-58-48-22-24-51-50-23-21-38(34-54(50)61(55(51)35-48)49-9-3-2-4-10-49)36-13-15-37(16-14-36)43-27-39-17-19-41-29-44(30-42-20-18-40(28-43)56(39)57(41)42)45-31-46(52-11-5-7-25-59-52)33-47(32-45)53-12-6-8-26-60-53;1-57-47-25-27-51-50-26-24-40(33-52(50)59(53(51)34-47)48-9-3-2-4-10-48)35-12-14-36(15-13-35)45-29-41-20-22-43-31-46(32-44-23-21-42(30-45)54(41)55(43)44)37-16-18-38(19-17-37)49-11-5-7-39-8-6-28-58-56(39)49/h2-35H;2-34H. The van der Waals surface area contributed by atoms with E-state index >= 15 is 0 Å². The Hall–Kier alpha value is -16.5. The molecule has 0 atom stereocenters. The van der Waals surface area contributed by atoms with Crippen molar-refractivity contribution in [3.05, 3.63) is 430 Å². The molecule has 5 heterocycles. The first-order valence-corrected chi connectivity index (χ1v) is 40.4. The number of aromatic nitrogens is 5. The molecule has 24 aromatic rings. The van der Waals surface area contributed by atoms with Gasteiger partial charge in [-0.05, 0) is 283 Å². The quantitative estimate of drug-likeness (QED) is 0.0958. The lowest BCUT2D eigenvalue weighted by atomic mass is 9.88. The highest BCUT2D eigenvalue weighted by Crippen LogP contribution is 2.46. The first-order chi connectivity index (χ1) is 59.3. The van der Waals surface area contributed by atoms with E-state index in [-0.39, 0.29) is 0 Å². The molecule has 0 aliphatic carbocycles. The molecule has 0 bridgehead atoms. The predicted octanol–water partition coefficient (Wildman–Crippen LogP) is 30.8. The van der Waals surface area contributed by atoms with Crippen molar-refractivity contribution in [1.29, 1.82) is 0 Å². The molecule has 0 radical (unpaired) electrons. The maximum absolute atomic E-state index is 7.65. The third-order valence-electron chi connectivity index (χ3n) is 24.3. The van der Waals surface area contributed by atoms with E-state index in [9.17, 15) is 0 Å². The predicted molar refractivity (Wildman–Crippen MR) is 501 cm³/mol. The highest BCUT2D eigenvalue weighted by Gasteiger charge is 2.21. The van der Waals surface area contributed by atoms with Gasteiger partial charge in [0, 0.05) is 84.6 Å². The van der Waals surface area contributed by atoms with Gasteiger partial charge >= 0.3 is 0 Å². The zero-order valence-corrected chi connectivity index (χ0v) is 64.8. The summed E-state index contributed by atoms with van der Waals surface area (Å²) in [5, 5.41) is 20.9. The van der Waals surface area contributed by atoms with Crippen LogP contribution in [-0.4, -0.2) is 24.1 Å². The summed E-state index contributed by atoms with van der Waals surface area (Å²) in [6, 6.07) is 139. The van der Waals surface area contributed by atoms with E-state index < -0.39 is 0 Å². The minimum Gasteiger partial charge on any atom is -0.310 e. The van der Waals surface area contributed by atoms with Crippen LogP contribution in [0.25, 0.3) is 241 Å². The summed E-state index contributed by atoms with van der Waals surface area (Å²) >= 11 is 0. The van der Waals surface area contributed by atoms with E-state index in [1.807, 2.05) is 85.3 Å². The van der Waals surface area contributed by atoms with Gasteiger partial charge in [-0.1, -0.05) is 243 Å². The Labute approximate surface area is 691 Å². The lowest BCUT2D eigenvalue weighted by Gasteiger charge is -2.16. The molecule has 0 saturated carbocycles. The van der Waals surface area contributed by atoms with Crippen molar-refractivity contribution < 1.29 is 0 Å². The Morgan fingerprint density at radius 3 is 0.883 bits per heavy atom. The molecule has 24 rings (SSSR count). The van der Waals surface area contributed by atoms with Crippen LogP contribution in [0, 0.1) is 13.1 Å². The fraction of sp³-hybridized carbons (Fsp3) is 0. The molecule has 5 aromatic heterocycles. The van der Waals surface area contributed by atoms with Gasteiger partial charge in [0.15, 0.2) is 11.4 Å². The van der Waals surface area contributed by atoms with Gasteiger partial charge in [-0.2, -0.15) is 0 Å². The van der Waals surface area contributed by atoms with E-state index in [4.69, 9.17) is 13.1 Å². The van der Waals surface area contributed by atoms with Crippen LogP contribution in [-0.2, 0) is 0 Å². The zero-order valence-electron chi connectivity index (χ0n) is 64.8. The molecule has 7 heteroatoms. The van der Waals surface area contributed by atoms with Gasteiger partial charge in [0.2, 0.25) is 0 Å². The first-order valence-electron chi connectivity index (χ1n) is 40.4. The Morgan fingerprint density at radius 2 is 0.508 bits per heavy atom. The lowest BCUT2D eigenvalue weighted by molar-refractivity contribution is 1.18. The number of hydrogen-bond acceptors (Lipinski definition) is 3. The number of hydrogen-bond donors (Lipinski definition) is 0. The molecule has 0 unspecified atom stereocenters. The second kappa shape index (κ2) is 28.2. The average Bonchev–Trinajstić information content (AvgIpc) is 1.45. The van der Waals surface area contributed by atoms with Crippen LogP contribution in [0.5, 0.6) is 0 Å². The number of rotatable bonds is 11. The van der Waals surface area contributed by atoms with E-state index in [0.717, 1.165) is 117 Å². The molecule has 7 nitrogen and oxygen atoms in total. The summed E-state index contributed by atoms with van der Waals surface area (Å²) in [4.78, 5) is 21.5. The molecule has 0 aliphatic rings. The van der Waals surface area contributed by atoms with Crippen molar-refractivity contribution in [1.82, 2.24) is 24.1 Å². The fourth-order valence-electron chi connectivity index (χ4n) is 18.6. The SMILES string of the molecule is [C-]#[N+]c1ccc2c3ccc(-c4ccc(-c5cc6ccc7cc(-c8cc(-c9ccccn9)cc(-c9ccccn9)c8)cc8ccc(c5)c6c78)cc4)cc3n(-c3ccccc3)c2c1.[C-]#[N+]c1ccc2c3ccc(-c4ccc(-c5cc6ccc7cc(-c8ccc(-c9cccc%10cccnc9%10)cc8)cc8ccc(c5)c6c78)cc4)cc3n(-c3ccccc3)c2c1.